The molecule has 2 nitrogen and oxygen atoms in total. The van der Waals surface area contributed by atoms with Gasteiger partial charge in [-0.1, -0.05) is 31.9 Å². The molecule has 2 rings (SSSR count). The SMILES string of the molecule is Cc1cc(Br)cc(C)c1OCCCCOc1c(C)cc(Br)cc1C. The van der Waals surface area contributed by atoms with Crippen molar-refractivity contribution in [2.24, 2.45) is 0 Å². The van der Waals surface area contributed by atoms with Crippen LogP contribution in [-0.2, 0) is 0 Å². The van der Waals surface area contributed by atoms with Crippen molar-refractivity contribution < 1.29 is 9.47 Å². The number of hydrogen-bond donors (Lipinski definition) is 0. The van der Waals surface area contributed by atoms with Crippen molar-refractivity contribution in [3.05, 3.63) is 55.5 Å². The molecule has 0 aliphatic rings. The Hall–Kier alpha value is -1.000. The molecular weight excluding hydrogens is 432 g/mol. The summed E-state index contributed by atoms with van der Waals surface area (Å²) in [6, 6.07) is 8.35. The van der Waals surface area contributed by atoms with Crippen molar-refractivity contribution in [2.75, 3.05) is 13.2 Å². The third-order valence-corrected chi connectivity index (χ3v) is 4.80. The smallest absolute Gasteiger partial charge is 0.125 e. The maximum atomic E-state index is 5.96. The van der Waals surface area contributed by atoms with Gasteiger partial charge < -0.3 is 9.47 Å². The molecule has 24 heavy (non-hydrogen) atoms. The Morgan fingerprint density at radius 1 is 0.625 bits per heavy atom. The Bertz CT molecular complexity index is 603. The zero-order valence-corrected chi connectivity index (χ0v) is 17.9. The number of unbranched alkanes of at least 4 members (excludes halogenated alkanes) is 1. The van der Waals surface area contributed by atoms with Crippen LogP contribution in [0.15, 0.2) is 33.2 Å². The quantitative estimate of drug-likeness (QED) is 0.433. The first kappa shape index (κ1) is 19.3. The maximum Gasteiger partial charge on any atom is 0.125 e. The lowest BCUT2D eigenvalue weighted by molar-refractivity contribution is 0.263. The summed E-state index contributed by atoms with van der Waals surface area (Å²) in [5.41, 5.74) is 4.66. The van der Waals surface area contributed by atoms with Crippen molar-refractivity contribution in [3.63, 3.8) is 0 Å². The van der Waals surface area contributed by atoms with E-state index in [-0.39, 0.29) is 0 Å². The minimum atomic E-state index is 0.713. The fraction of sp³-hybridized carbons (Fsp3) is 0.400. The minimum Gasteiger partial charge on any atom is -0.493 e. The molecule has 0 saturated heterocycles. The molecule has 0 spiro atoms. The fourth-order valence-electron chi connectivity index (χ4n) is 2.80. The van der Waals surface area contributed by atoms with E-state index in [1.54, 1.807) is 0 Å². The van der Waals surface area contributed by atoms with E-state index in [1.165, 1.54) is 22.3 Å². The van der Waals surface area contributed by atoms with Gasteiger partial charge in [0.2, 0.25) is 0 Å². The fourth-order valence-corrected chi connectivity index (χ4v) is 4.18. The van der Waals surface area contributed by atoms with Crippen LogP contribution < -0.4 is 9.47 Å². The molecule has 0 amide bonds. The Balaban J connectivity index is 1.77. The summed E-state index contributed by atoms with van der Waals surface area (Å²) in [6.07, 6.45) is 1.95. The lowest BCUT2D eigenvalue weighted by Gasteiger charge is -2.14. The van der Waals surface area contributed by atoms with E-state index in [0.29, 0.717) is 13.2 Å². The van der Waals surface area contributed by atoms with Crippen LogP contribution in [0.25, 0.3) is 0 Å². The Morgan fingerprint density at radius 3 is 1.21 bits per heavy atom. The normalized spacial score (nSPS) is 10.8. The summed E-state index contributed by atoms with van der Waals surface area (Å²) in [7, 11) is 0. The highest BCUT2D eigenvalue weighted by Crippen LogP contribution is 2.28. The van der Waals surface area contributed by atoms with Crippen LogP contribution in [0.2, 0.25) is 0 Å². The van der Waals surface area contributed by atoms with Gasteiger partial charge in [-0.2, -0.15) is 0 Å². The molecule has 0 aliphatic heterocycles. The molecule has 0 fully saturated rings. The van der Waals surface area contributed by atoms with Crippen LogP contribution in [0.4, 0.5) is 0 Å². The number of hydrogen-bond acceptors (Lipinski definition) is 2. The van der Waals surface area contributed by atoms with Gasteiger partial charge in [0.05, 0.1) is 13.2 Å². The van der Waals surface area contributed by atoms with Gasteiger partial charge in [0.25, 0.3) is 0 Å². The average molecular weight is 456 g/mol. The molecule has 0 atom stereocenters. The second-order valence-electron chi connectivity index (χ2n) is 6.14. The first-order chi connectivity index (χ1) is 11.4. The number of halogens is 2. The van der Waals surface area contributed by atoms with E-state index in [1.807, 2.05) is 0 Å². The van der Waals surface area contributed by atoms with E-state index in [9.17, 15) is 0 Å². The third-order valence-electron chi connectivity index (χ3n) is 3.88. The summed E-state index contributed by atoms with van der Waals surface area (Å²) in [4.78, 5) is 0. The highest BCUT2D eigenvalue weighted by Gasteiger charge is 2.07. The molecule has 0 aliphatic carbocycles. The average Bonchev–Trinajstić information content (AvgIpc) is 2.46. The summed E-state index contributed by atoms with van der Waals surface area (Å²) >= 11 is 7.03. The first-order valence-corrected chi connectivity index (χ1v) is 9.76. The van der Waals surface area contributed by atoms with Crippen molar-refractivity contribution in [3.8, 4) is 11.5 Å². The van der Waals surface area contributed by atoms with Gasteiger partial charge in [-0.05, 0) is 87.1 Å². The first-order valence-electron chi connectivity index (χ1n) is 8.17. The maximum absolute atomic E-state index is 5.96. The number of aryl methyl sites for hydroxylation is 4. The molecule has 2 aromatic rings. The molecule has 0 bridgehead atoms. The predicted molar refractivity (Wildman–Crippen MR) is 107 cm³/mol. The number of rotatable bonds is 7. The van der Waals surface area contributed by atoms with Gasteiger partial charge in [0.15, 0.2) is 0 Å². The monoisotopic (exact) mass is 454 g/mol. The van der Waals surface area contributed by atoms with Crippen molar-refractivity contribution in [1.29, 1.82) is 0 Å². The molecule has 0 N–H and O–H groups in total. The highest BCUT2D eigenvalue weighted by atomic mass is 79.9. The Kier molecular flexibility index (Phi) is 7.17. The van der Waals surface area contributed by atoms with Gasteiger partial charge in [-0.25, -0.2) is 0 Å². The zero-order chi connectivity index (χ0) is 17.7. The van der Waals surface area contributed by atoms with Crippen LogP contribution in [0.3, 0.4) is 0 Å². The molecule has 130 valence electrons. The zero-order valence-electron chi connectivity index (χ0n) is 14.7. The van der Waals surface area contributed by atoms with Crippen LogP contribution in [0, 0.1) is 27.7 Å². The summed E-state index contributed by atoms with van der Waals surface area (Å²) in [6.45, 7) is 9.74. The lowest BCUT2D eigenvalue weighted by Crippen LogP contribution is -2.05. The molecule has 0 heterocycles. The standard InChI is InChI=1S/C20H24Br2O2/c1-13-9-17(21)10-14(2)19(13)23-7-5-6-8-24-20-15(3)11-18(22)12-16(20)4/h9-12H,5-8H2,1-4H3. The molecule has 0 unspecified atom stereocenters. The number of ether oxygens (including phenoxy) is 2. The second kappa shape index (κ2) is 8.91. The van der Waals surface area contributed by atoms with Crippen molar-refractivity contribution in [2.45, 2.75) is 40.5 Å². The molecule has 0 saturated carbocycles. The second-order valence-corrected chi connectivity index (χ2v) is 7.97. The molecule has 0 radical (unpaired) electrons. The Morgan fingerprint density at radius 2 is 0.917 bits per heavy atom. The van der Waals surface area contributed by atoms with E-state index < -0.39 is 0 Å². The van der Waals surface area contributed by atoms with Gasteiger partial charge in [-0.15, -0.1) is 0 Å². The molecule has 4 heteroatoms. The third kappa shape index (κ3) is 5.25. The van der Waals surface area contributed by atoms with Gasteiger partial charge in [0.1, 0.15) is 11.5 Å². The van der Waals surface area contributed by atoms with Gasteiger partial charge in [0, 0.05) is 8.95 Å². The van der Waals surface area contributed by atoms with Crippen molar-refractivity contribution in [1.82, 2.24) is 0 Å². The summed E-state index contributed by atoms with van der Waals surface area (Å²) in [5.74, 6) is 2.00. The molecule has 2 aromatic carbocycles. The minimum absolute atomic E-state index is 0.713. The molecular formula is C20H24Br2O2. The summed E-state index contributed by atoms with van der Waals surface area (Å²) < 4.78 is 14.1. The van der Waals surface area contributed by atoms with Crippen molar-refractivity contribution >= 4 is 31.9 Å². The molecule has 0 aromatic heterocycles. The van der Waals surface area contributed by atoms with E-state index >= 15 is 0 Å². The number of benzene rings is 2. The van der Waals surface area contributed by atoms with Crippen LogP contribution in [-0.4, -0.2) is 13.2 Å². The van der Waals surface area contributed by atoms with E-state index in [2.05, 4.69) is 83.8 Å². The van der Waals surface area contributed by atoms with Gasteiger partial charge in [-0.3, -0.25) is 0 Å². The van der Waals surface area contributed by atoms with Crippen LogP contribution in [0.5, 0.6) is 11.5 Å². The van der Waals surface area contributed by atoms with Crippen LogP contribution >= 0.6 is 31.9 Å². The van der Waals surface area contributed by atoms with Crippen LogP contribution in [0.1, 0.15) is 35.1 Å². The largest absolute Gasteiger partial charge is 0.493 e. The lowest BCUT2D eigenvalue weighted by atomic mass is 10.1. The summed E-state index contributed by atoms with van der Waals surface area (Å²) in [5, 5.41) is 0. The van der Waals surface area contributed by atoms with Gasteiger partial charge >= 0.3 is 0 Å². The topological polar surface area (TPSA) is 18.5 Å². The Labute approximate surface area is 161 Å². The highest BCUT2D eigenvalue weighted by molar-refractivity contribution is 9.10. The van der Waals surface area contributed by atoms with E-state index in [4.69, 9.17) is 9.47 Å². The van der Waals surface area contributed by atoms with E-state index in [0.717, 1.165) is 33.3 Å². The predicted octanol–water partition coefficient (Wildman–Crippen LogP) is 6.68.